The topological polar surface area (TPSA) is 134 Å². The summed E-state index contributed by atoms with van der Waals surface area (Å²) < 4.78 is 23.4. The van der Waals surface area contributed by atoms with E-state index in [1.54, 1.807) is 30.6 Å². The molecule has 0 aromatic carbocycles. The van der Waals surface area contributed by atoms with Crippen LogP contribution in [0.2, 0.25) is 0 Å². The maximum absolute atomic E-state index is 12.5. The van der Waals surface area contributed by atoms with Gasteiger partial charge in [-0.25, -0.2) is 8.42 Å². The van der Waals surface area contributed by atoms with E-state index in [2.05, 4.69) is 10.3 Å². The van der Waals surface area contributed by atoms with Gasteiger partial charge in [0.2, 0.25) is 11.8 Å². The quantitative estimate of drug-likeness (QED) is 0.576. The highest BCUT2D eigenvalue weighted by Crippen LogP contribution is 2.32. The Morgan fingerprint density at radius 1 is 1.31 bits per heavy atom. The second-order valence-electron chi connectivity index (χ2n) is 7.91. The van der Waals surface area contributed by atoms with Crippen LogP contribution in [0.25, 0.3) is 6.08 Å². The number of imide groups is 1. The summed E-state index contributed by atoms with van der Waals surface area (Å²) in [5.74, 6) is -1.57. The molecule has 0 radical (unpaired) electrons. The van der Waals surface area contributed by atoms with E-state index >= 15 is 0 Å². The van der Waals surface area contributed by atoms with E-state index in [4.69, 9.17) is 0 Å². The molecular weight excluding hydrogens is 456 g/mol. The number of likely N-dealkylation sites (tertiary alicyclic amines) is 1. The molecule has 2 unspecified atom stereocenters. The van der Waals surface area contributed by atoms with E-state index in [-0.39, 0.29) is 60.3 Å². The number of rotatable bonds is 6. The predicted octanol–water partition coefficient (Wildman–Crippen LogP) is 0.270. The first-order chi connectivity index (χ1) is 15.2. The number of nitrogens with zero attached hydrogens (tertiary/aromatic N) is 3. The van der Waals surface area contributed by atoms with Gasteiger partial charge < -0.3 is 10.2 Å². The lowest BCUT2D eigenvalue weighted by Crippen LogP contribution is -2.41. The molecule has 0 aliphatic carbocycles. The summed E-state index contributed by atoms with van der Waals surface area (Å²) in [6, 6.07) is 3.13. The van der Waals surface area contributed by atoms with Crippen LogP contribution in [0, 0.1) is 5.92 Å². The van der Waals surface area contributed by atoms with Crippen LogP contribution >= 0.6 is 11.8 Å². The summed E-state index contributed by atoms with van der Waals surface area (Å²) in [6.45, 7) is 0.270. The van der Waals surface area contributed by atoms with Crippen LogP contribution in [0.3, 0.4) is 0 Å². The van der Waals surface area contributed by atoms with Crippen molar-refractivity contribution in [3.63, 3.8) is 0 Å². The van der Waals surface area contributed by atoms with Crippen molar-refractivity contribution in [2.45, 2.75) is 18.9 Å². The van der Waals surface area contributed by atoms with Gasteiger partial charge in [0.15, 0.2) is 9.84 Å². The monoisotopic (exact) mass is 478 g/mol. The molecule has 4 amide bonds. The zero-order chi connectivity index (χ0) is 22.9. The minimum absolute atomic E-state index is 0.0199. The number of hydrogen-bond donors (Lipinski definition) is 1. The largest absolute Gasteiger partial charge is 0.354 e. The molecule has 3 saturated heterocycles. The fourth-order valence-electron chi connectivity index (χ4n) is 4.02. The number of carbonyl (C=O) groups is 4. The van der Waals surface area contributed by atoms with Crippen molar-refractivity contribution in [3.8, 4) is 0 Å². The molecule has 2 atom stereocenters. The molecule has 12 heteroatoms. The summed E-state index contributed by atoms with van der Waals surface area (Å²) in [5.41, 5.74) is 0.705. The van der Waals surface area contributed by atoms with E-state index in [1.165, 1.54) is 4.90 Å². The molecule has 0 bridgehead atoms. The van der Waals surface area contributed by atoms with E-state index in [0.717, 1.165) is 16.7 Å². The molecular formula is C20H22N4O6S2. The van der Waals surface area contributed by atoms with Crippen molar-refractivity contribution in [1.29, 1.82) is 0 Å². The standard InChI is InChI=1S/C20H22N4O6S2/c25-17-9-14(11-24(17)15-3-7-32(29,30)12-15)18(26)22-5-6-23-19(27)16(31-20(23)28)8-13-2-1-4-21-10-13/h1-2,4,8,10,14-15H,3,5-7,9,11-12H2,(H,22,26)/b16-8-. The van der Waals surface area contributed by atoms with Gasteiger partial charge >= 0.3 is 0 Å². The van der Waals surface area contributed by atoms with E-state index in [0.29, 0.717) is 12.0 Å². The van der Waals surface area contributed by atoms with Crippen molar-refractivity contribution >= 4 is 50.6 Å². The van der Waals surface area contributed by atoms with Crippen molar-refractivity contribution < 1.29 is 27.6 Å². The minimum Gasteiger partial charge on any atom is -0.354 e. The molecule has 1 aromatic rings. The lowest BCUT2D eigenvalue weighted by Gasteiger charge is -2.23. The lowest BCUT2D eigenvalue weighted by molar-refractivity contribution is -0.130. The second kappa shape index (κ2) is 9.02. The molecule has 4 rings (SSSR count). The highest BCUT2D eigenvalue weighted by atomic mass is 32.2. The SMILES string of the molecule is O=C(NCCN1C(=O)S/C(=C\c2cccnc2)C1=O)C1CC(=O)N(C2CCS(=O)(=O)C2)C1. The maximum Gasteiger partial charge on any atom is 0.293 e. The van der Waals surface area contributed by atoms with Gasteiger partial charge in [0, 0.05) is 44.5 Å². The van der Waals surface area contributed by atoms with E-state index < -0.39 is 26.9 Å². The number of pyridine rings is 1. The van der Waals surface area contributed by atoms with Gasteiger partial charge in [-0.05, 0) is 35.9 Å². The van der Waals surface area contributed by atoms with Crippen LogP contribution in [0.4, 0.5) is 4.79 Å². The molecule has 0 spiro atoms. The maximum atomic E-state index is 12.5. The van der Waals surface area contributed by atoms with Crippen LogP contribution in [0.15, 0.2) is 29.4 Å². The van der Waals surface area contributed by atoms with Crippen LogP contribution in [0.5, 0.6) is 0 Å². The Kier molecular flexibility index (Phi) is 6.33. The second-order valence-corrected chi connectivity index (χ2v) is 11.1. The van der Waals surface area contributed by atoms with Crippen LogP contribution in [-0.2, 0) is 24.2 Å². The smallest absolute Gasteiger partial charge is 0.293 e. The Hall–Kier alpha value is -2.73. The Balaban J connectivity index is 1.28. The van der Waals surface area contributed by atoms with Gasteiger partial charge in [-0.2, -0.15) is 0 Å². The summed E-state index contributed by atoms with van der Waals surface area (Å²) in [5, 5.41) is 2.27. The molecule has 1 aromatic heterocycles. The first kappa shape index (κ1) is 22.5. The van der Waals surface area contributed by atoms with Crippen molar-refractivity contribution in [2.24, 2.45) is 5.92 Å². The van der Waals surface area contributed by atoms with Gasteiger partial charge in [-0.1, -0.05) is 6.07 Å². The van der Waals surface area contributed by atoms with Crippen molar-refractivity contribution in [2.75, 3.05) is 31.1 Å². The molecule has 4 heterocycles. The molecule has 170 valence electrons. The minimum atomic E-state index is -3.13. The number of carbonyl (C=O) groups excluding carboxylic acids is 4. The van der Waals surface area contributed by atoms with Gasteiger partial charge in [0.1, 0.15) is 0 Å². The third kappa shape index (κ3) is 4.85. The number of hydrogen-bond acceptors (Lipinski definition) is 8. The number of sulfone groups is 1. The molecule has 3 fully saturated rings. The van der Waals surface area contributed by atoms with Crippen LogP contribution in [0.1, 0.15) is 18.4 Å². The molecule has 3 aliphatic heterocycles. The number of aromatic nitrogens is 1. The average Bonchev–Trinajstić information content (AvgIpc) is 3.39. The Morgan fingerprint density at radius 2 is 2.12 bits per heavy atom. The van der Waals surface area contributed by atoms with Crippen LogP contribution in [-0.4, -0.2) is 83.3 Å². The van der Waals surface area contributed by atoms with Gasteiger partial charge in [0.05, 0.1) is 22.3 Å². The normalized spacial score (nSPS) is 26.4. The third-order valence-electron chi connectivity index (χ3n) is 5.67. The molecule has 0 saturated carbocycles. The average molecular weight is 479 g/mol. The van der Waals surface area contributed by atoms with Gasteiger partial charge in [-0.15, -0.1) is 0 Å². The van der Waals surface area contributed by atoms with Crippen molar-refractivity contribution in [3.05, 3.63) is 35.0 Å². The van der Waals surface area contributed by atoms with Gasteiger partial charge in [-0.3, -0.25) is 29.1 Å². The number of thioether (sulfide) groups is 1. The van der Waals surface area contributed by atoms with E-state index in [9.17, 15) is 27.6 Å². The zero-order valence-electron chi connectivity index (χ0n) is 17.1. The first-order valence-corrected chi connectivity index (χ1v) is 12.8. The highest BCUT2D eigenvalue weighted by molar-refractivity contribution is 8.18. The zero-order valence-corrected chi connectivity index (χ0v) is 18.7. The summed E-state index contributed by atoms with van der Waals surface area (Å²) in [4.78, 5) is 56.3. The first-order valence-electron chi connectivity index (χ1n) is 10.2. The predicted molar refractivity (Wildman–Crippen MR) is 117 cm³/mol. The summed E-state index contributed by atoms with van der Waals surface area (Å²) in [7, 11) is -3.13. The molecule has 10 nitrogen and oxygen atoms in total. The van der Waals surface area contributed by atoms with Gasteiger partial charge in [0.25, 0.3) is 11.1 Å². The molecule has 1 N–H and O–H groups in total. The number of amides is 4. The fourth-order valence-corrected chi connectivity index (χ4v) is 6.62. The Bertz CT molecular complexity index is 1090. The third-order valence-corrected chi connectivity index (χ3v) is 8.33. The van der Waals surface area contributed by atoms with E-state index in [1.807, 2.05) is 0 Å². The lowest BCUT2D eigenvalue weighted by atomic mass is 10.1. The number of nitrogens with one attached hydrogen (secondary N) is 1. The Labute approximate surface area is 189 Å². The fraction of sp³-hybridized carbons (Fsp3) is 0.450. The highest BCUT2D eigenvalue weighted by Gasteiger charge is 2.42. The van der Waals surface area contributed by atoms with Crippen molar-refractivity contribution in [1.82, 2.24) is 20.1 Å². The summed E-state index contributed by atoms with van der Waals surface area (Å²) in [6.07, 6.45) is 5.21. The molecule has 3 aliphatic rings. The molecule has 32 heavy (non-hydrogen) atoms. The van der Waals surface area contributed by atoms with Crippen LogP contribution < -0.4 is 5.32 Å². The summed E-state index contributed by atoms with van der Waals surface area (Å²) >= 11 is 0.833. The Morgan fingerprint density at radius 3 is 2.81 bits per heavy atom.